The zero-order valence-electron chi connectivity index (χ0n) is 40.4. The Bertz CT molecular complexity index is 904. The van der Waals surface area contributed by atoms with Gasteiger partial charge in [0.15, 0.2) is 6.10 Å². The fourth-order valence-electron chi connectivity index (χ4n) is 7.93. The molecule has 0 fully saturated rings. The summed E-state index contributed by atoms with van der Waals surface area (Å²) in [6.45, 7) is 11.3. The van der Waals surface area contributed by atoms with Crippen LogP contribution in [0, 0.1) is 11.8 Å². The molecule has 0 heterocycles. The van der Waals surface area contributed by atoms with E-state index in [9.17, 15) is 14.4 Å². The van der Waals surface area contributed by atoms with Gasteiger partial charge in [-0.1, -0.05) is 253 Å². The second kappa shape index (κ2) is 45.9. The molecule has 0 spiro atoms. The third kappa shape index (κ3) is 44.3. The van der Waals surface area contributed by atoms with Crippen molar-refractivity contribution >= 4 is 17.9 Å². The Kier molecular flexibility index (Phi) is 44.7. The van der Waals surface area contributed by atoms with E-state index in [1.807, 2.05) is 0 Å². The van der Waals surface area contributed by atoms with E-state index >= 15 is 0 Å². The zero-order valence-corrected chi connectivity index (χ0v) is 40.4. The van der Waals surface area contributed by atoms with E-state index in [4.69, 9.17) is 14.2 Å². The fourth-order valence-corrected chi connectivity index (χ4v) is 7.93. The van der Waals surface area contributed by atoms with Crippen LogP contribution in [0.2, 0.25) is 0 Å². The number of hydrogen-bond donors (Lipinski definition) is 0. The van der Waals surface area contributed by atoms with E-state index < -0.39 is 6.10 Å². The third-order valence-corrected chi connectivity index (χ3v) is 12.7. The molecule has 6 heteroatoms. The van der Waals surface area contributed by atoms with Gasteiger partial charge < -0.3 is 14.2 Å². The summed E-state index contributed by atoms with van der Waals surface area (Å²) in [5, 5.41) is 0. The van der Waals surface area contributed by atoms with Gasteiger partial charge in [-0.15, -0.1) is 0 Å². The summed E-state index contributed by atoms with van der Waals surface area (Å²) in [5.74, 6) is 0.804. The van der Waals surface area contributed by atoms with Gasteiger partial charge in [-0.2, -0.15) is 0 Å². The quantitative estimate of drug-likeness (QED) is 0.0345. The smallest absolute Gasteiger partial charge is 0.306 e. The van der Waals surface area contributed by atoms with E-state index in [0.29, 0.717) is 19.3 Å². The molecule has 0 saturated heterocycles. The van der Waals surface area contributed by atoms with Crippen molar-refractivity contribution in [2.45, 2.75) is 298 Å². The highest BCUT2D eigenvalue weighted by Gasteiger charge is 2.19. The van der Waals surface area contributed by atoms with Gasteiger partial charge in [-0.25, -0.2) is 0 Å². The van der Waals surface area contributed by atoms with Crippen LogP contribution >= 0.6 is 0 Å². The van der Waals surface area contributed by atoms with Crippen molar-refractivity contribution in [3.63, 3.8) is 0 Å². The number of carbonyl (C=O) groups is 3. The van der Waals surface area contributed by atoms with Crippen LogP contribution in [0.3, 0.4) is 0 Å². The lowest BCUT2D eigenvalue weighted by Gasteiger charge is -2.18. The van der Waals surface area contributed by atoms with Crippen LogP contribution in [0.15, 0.2) is 0 Å². The van der Waals surface area contributed by atoms with Gasteiger partial charge in [0, 0.05) is 19.3 Å². The number of rotatable bonds is 47. The molecule has 0 aromatic heterocycles. The summed E-state index contributed by atoms with van der Waals surface area (Å²) in [6, 6.07) is 0. The third-order valence-electron chi connectivity index (χ3n) is 12.7. The molecule has 0 bridgehead atoms. The lowest BCUT2D eigenvalue weighted by Crippen LogP contribution is -2.30. The molecule has 0 rings (SSSR count). The summed E-state index contributed by atoms with van der Waals surface area (Å²) in [4.78, 5) is 37.9. The van der Waals surface area contributed by atoms with E-state index in [-0.39, 0.29) is 31.1 Å². The summed E-state index contributed by atoms with van der Waals surface area (Å²) < 4.78 is 16.8. The molecule has 0 aromatic rings. The largest absolute Gasteiger partial charge is 0.462 e. The van der Waals surface area contributed by atoms with Crippen molar-refractivity contribution in [2.24, 2.45) is 11.8 Å². The van der Waals surface area contributed by atoms with Crippen molar-refractivity contribution in [2.75, 3.05) is 13.2 Å². The highest BCUT2D eigenvalue weighted by atomic mass is 16.6. The monoisotopic (exact) mass is 835 g/mol. The number of hydrogen-bond acceptors (Lipinski definition) is 6. The highest BCUT2D eigenvalue weighted by Crippen LogP contribution is 2.18. The van der Waals surface area contributed by atoms with Crippen molar-refractivity contribution in [1.82, 2.24) is 0 Å². The summed E-state index contributed by atoms with van der Waals surface area (Å²) in [6.07, 6.45) is 46.7. The number of ether oxygens (including phenoxy) is 3. The molecule has 0 saturated carbocycles. The van der Waals surface area contributed by atoms with Gasteiger partial charge in [0.1, 0.15) is 13.2 Å². The molecule has 6 nitrogen and oxygen atoms in total. The molecule has 0 N–H and O–H groups in total. The van der Waals surface area contributed by atoms with Crippen molar-refractivity contribution in [1.29, 1.82) is 0 Å². The molecule has 0 aliphatic carbocycles. The molecular formula is C53H102O6. The van der Waals surface area contributed by atoms with Crippen molar-refractivity contribution in [3.05, 3.63) is 0 Å². The van der Waals surface area contributed by atoms with Gasteiger partial charge >= 0.3 is 17.9 Å². The Morgan fingerprint density at radius 2 is 0.593 bits per heavy atom. The van der Waals surface area contributed by atoms with E-state index in [0.717, 1.165) is 69.6 Å². The molecule has 0 amide bonds. The van der Waals surface area contributed by atoms with E-state index in [2.05, 4.69) is 34.6 Å². The predicted molar refractivity (Wildman–Crippen MR) is 252 cm³/mol. The first-order valence-corrected chi connectivity index (χ1v) is 26.3. The minimum Gasteiger partial charge on any atom is -0.462 e. The summed E-state index contributed by atoms with van der Waals surface area (Å²) in [7, 11) is 0. The first-order chi connectivity index (χ1) is 28.8. The van der Waals surface area contributed by atoms with Crippen LogP contribution in [0.5, 0.6) is 0 Å². The van der Waals surface area contributed by atoms with Crippen LogP contribution in [0.4, 0.5) is 0 Å². The molecule has 350 valence electrons. The Morgan fingerprint density at radius 1 is 0.339 bits per heavy atom. The Labute approximate surface area is 368 Å². The van der Waals surface area contributed by atoms with Crippen molar-refractivity contribution < 1.29 is 28.6 Å². The minimum atomic E-state index is -0.763. The van der Waals surface area contributed by atoms with Gasteiger partial charge in [-0.05, 0) is 31.1 Å². The Balaban J connectivity index is 4.24. The maximum atomic E-state index is 12.7. The van der Waals surface area contributed by atoms with Crippen LogP contribution in [0.1, 0.15) is 291 Å². The Hall–Kier alpha value is -1.59. The molecule has 0 aliphatic heterocycles. The summed E-state index contributed by atoms with van der Waals surface area (Å²) >= 11 is 0. The standard InChI is InChI=1S/C53H102O6/c1-6-9-10-11-12-13-14-15-16-17-18-19-20-21-22-23-27-33-38-43-51(54)57-46-50(59-53(56)45-40-35-30-29-32-37-42-49(5)8-3)47-58-52(55)44-39-34-28-25-24-26-31-36-41-48(4)7-2/h48-50H,6-47H2,1-5H3/t48?,49?,50-/m1/s1. The minimum absolute atomic E-state index is 0.0650. The first kappa shape index (κ1) is 57.4. The van der Waals surface area contributed by atoms with E-state index in [1.54, 1.807) is 0 Å². The SMILES string of the molecule is CCCCCCCCCCCCCCCCCCCCCC(=O)OC[C@H](COC(=O)CCCCCCCCCCC(C)CC)OC(=O)CCCCCCCCC(C)CC. The molecule has 3 atom stereocenters. The second-order valence-electron chi connectivity index (χ2n) is 18.6. The van der Waals surface area contributed by atoms with Gasteiger partial charge in [0.05, 0.1) is 0 Å². The second-order valence-corrected chi connectivity index (χ2v) is 18.6. The number of unbranched alkanes of at least 4 members (excludes halogenated alkanes) is 30. The van der Waals surface area contributed by atoms with Crippen LogP contribution < -0.4 is 0 Å². The van der Waals surface area contributed by atoms with E-state index in [1.165, 1.54) is 180 Å². The predicted octanol–water partition coefficient (Wildman–Crippen LogP) is 16.9. The molecule has 0 aliphatic rings. The lowest BCUT2D eigenvalue weighted by molar-refractivity contribution is -0.167. The zero-order chi connectivity index (χ0) is 43.3. The van der Waals surface area contributed by atoms with Gasteiger partial charge in [0.25, 0.3) is 0 Å². The van der Waals surface area contributed by atoms with Crippen LogP contribution in [-0.4, -0.2) is 37.2 Å². The molecule has 59 heavy (non-hydrogen) atoms. The average molecular weight is 835 g/mol. The van der Waals surface area contributed by atoms with Crippen LogP contribution in [-0.2, 0) is 28.6 Å². The topological polar surface area (TPSA) is 78.9 Å². The maximum Gasteiger partial charge on any atom is 0.306 e. The summed E-state index contributed by atoms with van der Waals surface area (Å²) in [5.41, 5.74) is 0. The maximum absolute atomic E-state index is 12.7. The number of esters is 3. The molecule has 0 aromatic carbocycles. The molecular weight excluding hydrogens is 733 g/mol. The highest BCUT2D eigenvalue weighted by molar-refractivity contribution is 5.71. The molecule has 0 radical (unpaired) electrons. The number of carbonyl (C=O) groups excluding carboxylic acids is 3. The first-order valence-electron chi connectivity index (χ1n) is 26.3. The van der Waals surface area contributed by atoms with Crippen molar-refractivity contribution in [3.8, 4) is 0 Å². The molecule has 2 unspecified atom stereocenters. The van der Waals surface area contributed by atoms with Gasteiger partial charge in [-0.3, -0.25) is 14.4 Å². The Morgan fingerprint density at radius 3 is 0.881 bits per heavy atom. The fraction of sp³-hybridized carbons (Fsp3) is 0.943. The van der Waals surface area contributed by atoms with Gasteiger partial charge in [0.2, 0.25) is 0 Å². The normalized spacial score (nSPS) is 13.0. The average Bonchev–Trinajstić information content (AvgIpc) is 3.23. The van der Waals surface area contributed by atoms with Crippen LogP contribution in [0.25, 0.3) is 0 Å². The lowest BCUT2D eigenvalue weighted by atomic mass is 9.99.